The molecule has 1 aliphatic rings. The van der Waals surface area contributed by atoms with Gasteiger partial charge in [0.05, 0.1) is 7.11 Å². The number of primary amides is 1. The molecule has 0 atom stereocenters. The van der Waals surface area contributed by atoms with Gasteiger partial charge in [0.15, 0.2) is 0 Å². The first kappa shape index (κ1) is 13.4. The molecule has 1 saturated carbocycles. The molecule has 2 N–H and O–H groups in total. The fraction of sp³-hybridized carbons (Fsp3) is 0.312. The van der Waals surface area contributed by atoms with Crippen LogP contribution in [0.4, 0.5) is 0 Å². The molecule has 1 aromatic rings. The molecule has 0 spiro atoms. The second-order valence-electron chi connectivity index (χ2n) is 4.81. The largest absolute Gasteiger partial charge is 0.496 e. The van der Waals surface area contributed by atoms with E-state index in [-0.39, 0.29) is 0 Å². The molecule has 19 heavy (non-hydrogen) atoms. The minimum Gasteiger partial charge on any atom is -0.496 e. The zero-order chi connectivity index (χ0) is 13.8. The van der Waals surface area contributed by atoms with Crippen molar-refractivity contribution < 1.29 is 9.53 Å². The van der Waals surface area contributed by atoms with Gasteiger partial charge in [-0.1, -0.05) is 24.3 Å². The lowest BCUT2D eigenvalue weighted by Crippen LogP contribution is -2.12. The van der Waals surface area contributed by atoms with Gasteiger partial charge in [0.2, 0.25) is 5.91 Å². The summed E-state index contributed by atoms with van der Waals surface area (Å²) in [7, 11) is 1.65. The molecule has 2 rings (SSSR count). The van der Waals surface area contributed by atoms with Crippen LogP contribution in [-0.2, 0) is 4.79 Å². The monoisotopic (exact) mass is 257 g/mol. The lowest BCUT2D eigenvalue weighted by Gasteiger charge is -2.09. The van der Waals surface area contributed by atoms with Crippen molar-refractivity contribution in [1.82, 2.24) is 0 Å². The zero-order valence-corrected chi connectivity index (χ0v) is 11.2. The number of carbonyl (C=O) groups is 1. The Kier molecular flexibility index (Phi) is 4.05. The maximum absolute atomic E-state index is 11.2. The van der Waals surface area contributed by atoms with Crippen molar-refractivity contribution in [2.45, 2.75) is 25.7 Å². The molecule has 1 fully saturated rings. The van der Waals surface area contributed by atoms with E-state index in [9.17, 15) is 4.79 Å². The van der Waals surface area contributed by atoms with Gasteiger partial charge in [0, 0.05) is 11.1 Å². The van der Waals surface area contributed by atoms with E-state index in [1.807, 2.05) is 18.2 Å². The van der Waals surface area contributed by atoms with Crippen LogP contribution in [0.3, 0.4) is 0 Å². The van der Waals surface area contributed by atoms with Crippen LogP contribution in [0.2, 0.25) is 0 Å². The number of allylic oxidation sites excluding steroid dienone is 1. The van der Waals surface area contributed by atoms with Crippen molar-refractivity contribution >= 4 is 17.6 Å². The fourth-order valence-electron chi connectivity index (χ4n) is 2.37. The van der Waals surface area contributed by atoms with Gasteiger partial charge in [-0.3, -0.25) is 4.79 Å². The number of nitrogens with two attached hydrogens (primary N) is 1. The number of benzene rings is 1. The highest BCUT2D eigenvalue weighted by molar-refractivity contribution is 6.18. The first-order valence-corrected chi connectivity index (χ1v) is 6.48. The summed E-state index contributed by atoms with van der Waals surface area (Å²) >= 11 is 0. The Morgan fingerprint density at radius 3 is 2.63 bits per heavy atom. The maximum atomic E-state index is 11.2. The van der Waals surface area contributed by atoms with Crippen LogP contribution >= 0.6 is 0 Å². The topological polar surface area (TPSA) is 52.3 Å². The summed E-state index contributed by atoms with van der Waals surface area (Å²) in [4.78, 5) is 11.2. The molecule has 3 heteroatoms. The highest BCUT2D eigenvalue weighted by Gasteiger charge is 2.11. The Morgan fingerprint density at radius 1 is 1.37 bits per heavy atom. The molecule has 0 aliphatic heterocycles. The molecule has 100 valence electrons. The van der Waals surface area contributed by atoms with E-state index in [2.05, 4.69) is 12.7 Å². The Hall–Kier alpha value is -2.03. The van der Waals surface area contributed by atoms with E-state index in [0.29, 0.717) is 5.57 Å². The standard InChI is InChI=1S/C16H19NO2/c1-11(16(17)18)13-7-8-15(19-2)14(10-13)9-12-5-3-4-6-12/h7-10H,1,3-6H2,2H3,(H2,17,18). The van der Waals surface area contributed by atoms with Crippen LogP contribution < -0.4 is 10.5 Å². The molecule has 0 bridgehead atoms. The molecule has 1 aliphatic carbocycles. The average Bonchev–Trinajstić information content (AvgIpc) is 2.90. The number of hydrogen-bond donors (Lipinski definition) is 1. The molecule has 3 nitrogen and oxygen atoms in total. The number of hydrogen-bond acceptors (Lipinski definition) is 2. The van der Waals surface area contributed by atoms with E-state index >= 15 is 0 Å². The second kappa shape index (κ2) is 5.74. The number of amides is 1. The number of methoxy groups -OCH3 is 1. The van der Waals surface area contributed by atoms with Gasteiger partial charge in [0.25, 0.3) is 0 Å². The summed E-state index contributed by atoms with van der Waals surface area (Å²) in [5, 5.41) is 0. The third kappa shape index (κ3) is 3.05. The predicted molar refractivity (Wildman–Crippen MR) is 77.7 cm³/mol. The Morgan fingerprint density at radius 2 is 2.05 bits per heavy atom. The number of ether oxygens (including phenoxy) is 1. The van der Waals surface area contributed by atoms with Crippen molar-refractivity contribution in [2.75, 3.05) is 7.11 Å². The SMILES string of the molecule is C=C(C(N)=O)c1ccc(OC)c(C=C2CCCC2)c1. The number of rotatable bonds is 4. The maximum Gasteiger partial charge on any atom is 0.248 e. The Balaban J connectivity index is 2.39. The molecule has 0 saturated heterocycles. The lowest BCUT2D eigenvalue weighted by molar-refractivity contribution is -0.112. The van der Waals surface area contributed by atoms with Crippen LogP contribution in [0.1, 0.15) is 36.8 Å². The summed E-state index contributed by atoms with van der Waals surface area (Å²) in [6.07, 6.45) is 6.95. The van der Waals surface area contributed by atoms with Gasteiger partial charge in [-0.25, -0.2) is 0 Å². The minimum absolute atomic E-state index is 0.328. The second-order valence-corrected chi connectivity index (χ2v) is 4.81. The van der Waals surface area contributed by atoms with Crippen LogP contribution in [0.25, 0.3) is 11.6 Å². The highest BCUT2D eigenvalue weighted by Crippen LogP contribution is 2.30. The molecule has 0 heterocycles. The van der Waals surface area contributed by atoms with Crippen molar-refractivity contribution in [3.8, 4) is 5.75 Å². The first-order chi connectivity index (χ1) is 9.11. The van der Waals surface area contributed by atoms with Crippen molar-refractivity contribution in [1.29, 1.82) is 0 Å². The minimum atomic E-state index is -0.496. The van der Waals surface area contributed by atoms with Crippen molar-refractivity contribution in [2.24, 2.45) is 5.73 Å². The predicted octanol–water partition coefficient (Wildman–Crippen LogP) is 3.15. The van der Waals surface area contributed by atoms with E-state index in [4.69, 9.17) is 10.5 Å². The number of carbonyl (C=O) groups excluding carboxylic acids is 1. The molecular formula is C16H19NO2. The Bertz CT molecular complexity index is 536. The van der Waals surface area contributed by atoms with Crippen LogP contribution in [0.15, 0.2) is 30.4 Å². The third-order valence-corrected chi connectivity index (χ3v) is 3.48. The lowest BCUT2D eigenvalue weighted by atomic mass is 10.0. The van der Waals surface area contributed by atoms with Gasteiger partial charge >= 0.3 is 0 Å². The van der Waals surface area contributed by atoms with Crippen molar-refractivity contribution in [3.05, 3.63) is 41.5 Å². The first-order valence-electron chi connectivity index (χ1n) is 6.48. The van der Waals surface area contributed by atoms with E-state index in [1.54, 1.807) is 7.11 Å². The summed E-state index contributed by atoms with van der Waals surface area (Å²) in [5.74, 6) is 0.310. The summed E-state index contributed by atoms with van der Waals surface area (Å²) < 4.78 is 5.36. The van der Waals surface area contributed by atoms with Gasteiger partial charge in [-0.2, -0.15) is 0 Å². The molecule has 0 aromatic heterocycles. The normalized spacial score (nSPS) is 14.3. The van der Waals surface area contributed by atoms with E-state index < -0.39 is 5.91 Å². The van der Waals surface area contributed by atoms with Crippen LogP contribution in [0.5, 0.6) is 5.75 Å². The van der Waals surface area contributed by atoms with Crippen LogP contribution in [0, 0.1) is 0 Å². The van der Waals surface area contributed by atoms with Gasteiger partial charge in [-0.05, 0) is 43.4 Å². The molecule has 1 aromatic carbocycles. The summed E-state index contributed by atoms with van der Waals surface area (Å²) in [6, 6.07) is 5.57. The fourth-order valence-corrected chi connectivity index (χ4v) is 2.37. The molecule has 0 unspecified atom stereocenters. The van der Waals surface area contributed by atoms with Gasteiger partial charge in [-0.15, -0.1) is 0 Å². The zero-order valence-electron chi connectivity index (χ0n) is 11.2. The van der Waals surface area contributed by atoms with E-state index in [0.717, 1.165) is 29.7 Å². The quantitative estimate of drug-likeness (QED) is 0.842. The molecule has 1 amide bonds. The van der Waals surface area contributed by atoms with Crippen LogP contribution in [-0.4, -0.2) is 13.0 Å². The van der Waals surface area contributed by atoms with Gasteiger partial charge in [0.1, 0.15) is 5.75 Å². The Labute approximate surface area is 113 Å². The highest BCUT2D eigenvalue weighted by atomic mass is 16.5. The summed E-state index contributed by atoms with van der Waals surface area (Å²) in [5.41, 5.74) is 8.76. The molecule has 0 radical (unpaired) electrons. The van der Waals surface area contributed by atoms with E-state index in [1.165, 1.54) is 18.4 Å². The smallest absolute Gasteiger partial charge is 0.248 e. The third-order valence-electron chi connectivity index (χ3n) is 3.48. The molecular weight excluding hydrogens is 238 g/mol. The average molecular weight is 257 g/mol. The summed E-state index contributed by atoms with van der Waals surface area (Å²) in [6.45, 7) is 3.72. The van der Waals surface area contributed by atoms with Crippen molar-refractivity contribution in [3.63, 3.8) is 0 Å². The van der Waals surface area contributed by atoms with Gasteiger partial charge < -0.3 is 10.5 Å².